The number of fused-ring (bicyclic) bond motifs is 2. The third-order valence-corrected chi connectivity index (χ3v) is 6.37. The van der Waals surface area contributed by atoms with Gasteiger partial charge in [-0.3, -0.25) is 4.98 Å². The third-order valence-electron chi connectivity index (χ3n) is 6.37. The van der Waals surface area contributed by atoms with Gasteiger partial charge in [0.15, 0.2) is 0 Å². The zero-order chi connectivity index (χ0) is 20.5. The first-order valence-electron chi connectivity index (χ1n) is 10.7. The number of pyridine rings is 1. The molecule has 2 aliphatic rings. The number of hydrogen-bond acceptors (Lipinski definition) is 3. The van der Waals surface area contributed by atoms with Crippen LogP contribution < -0.4 is 0 Å². The second-order valence-electron chi connectivity index (χ2n) is 8.77. The number of benzene rings is 2. The van der Waals surface area contributed by atoms with Crippen LogP contribution in [0, 0.1) is 38.7 Å². The van der Waals surface area contributed by atoms with E-state index in [0.29, 0.717) is 5.92 Å². The molecule has 30 heavy (non-hydrogen) atoms. The number of aliphatic hydroxyl groups is 2. The predicted octanol–water partition coefficient (Wildman–Crippen LogP) is 5.15. The molecule has 2 atom stereocenters. The number of aromatic nitrogens is 1. The van der Waals surface area contributed by atoms with E-state index < -0.39 is 0 Å². The molecule has 3 aromatic rings. The number of aryl methyl sites for hydroxylation is 3. The van der Waals surface area contributed by atoms with Gasteiger partial charge in [0.25, 0.3) is 0 Å². The molecule has 161 valence electrons. The van der Waals surface area contributed by atoms with Crippen molar-refractivity contribution in [2.45, 2.75) is 58.7 Å². The summed E-state index contributed by atoms with van der Waals surface area (Å²) < 4.78 is 0. The molecule has 2 aromatic carbocycles. The van der Waals surface area contributed by atoms with E-state index in [-0.39, 0.29) is 38.2 Å². The summed E-state index contributed by atoms with van der Waals surface area (Å²) in [4.78, 5) is 4.76. The molecule has 4 heteroatoms. The van der Waals surface area contributed by atoms with E-state index in [2.05, 4.69) is 69.3 Å². The van der Waals surface area contributed by atoms with Gasteiger partial charge in [-0.1, -0.05) is 38.1 Å². The minimum atomic E-state index is -0.206. The molecule has 0 amide bonds. The molecular formula is C26H30IrNO2-. The van der Waals surface area contributed by atoms with Crippen molar-refractivity contribution in [2.24, 2.45) is 11.8 Å². The van der Waals surface area contributed by atoms with Gasteiger partial charge in [0.2, 0.25) is 0 Å². The van der Waals surface area contributed by atoms with Crippen LogP contribution in [0.2, 0.25) is 0 Å². The first-order valence-corrected chi connectivity index (χ1v) is 10.7. The molecule has 1 radical (unpaired) electrons. The molecule has 1 aromatic heterocycles. The maximum absolute atomic E-state index is 9.41. The van der Waals surface area contributed by atoms with Gasteiger partial charge in [0.1, 0.15) is 0 Å². The van der Waals surface area contributed by atoms with Crippen molar-refractivity contribution >= 4 is 10.9 Å². The van der Waals surface area contributed by atoms with Crippen LogP contribution >= 0.6 is 0 Å². The monoisotopic (exact) mass is 581 g/mol. The molecule has 3 nitrogen and oxygen atoms in total. The molecule has 0 saturated heterocycles. The number of aliphatic hydroxyl groups excluding tert-OH is 2. The van der Waals surface area contributed by atoms with Crippen molar-refractivity contribution in [3.63, 3.8) is 0 Å². The molecule has 2 N–H and O–H groups in total. The van der Waals surface area contributed by atoms with Crippen LogP contribution in [0.25, 0.3) is 22.2 Å². The summed E-state index contributed by atoms with van der Waals surface area (Å²) in [5.74, 6) is 0.852. The molecule has 0 aliphatic heterocycles. The topological polar surface area (TPSA) is 53.4 Å². The summed E-state index contributed by atoms with van der Waals surface area (Å²) >= 11 is 0. The van der Waals surface area contributed by atoms with Gasteiger partial charge >= 0.3 is 0 Å². The molecule has 2 fully saturated rings. The third kappa shape index (κ3) is 5.00. The van der Waals surface area contributed by atoms with E-state index >= 15 is 0 Å². The van der Waals surface area contributed by atoms with Crippen LogP contribution in [0.15, 0.2) is 42.5 Å². The van der Waals surface area contributed by atoms with E-state index in [9.17, 15) is 10.2 Å². The molecule has 2 unspecified atom stereocenters. The van der Waals surface area contributed by atoms with E-state index in [1.807, 2.05) is 0 Å². The Balaban J connectivity index is 0.000000197. The van der Waals surface area contributed by atoms with Crippen molar-refractivity contribution < 1.29 is 30.3 Å². The van der Waals surface area contributed by atoms with E-state index in [0.717, 1.165) is 48.0 Å². The average Bonchev–Trinajstić information content (AvgIpc) is 3.24. The Bertz CT molecular complexity index is 985. The fourth-order valence-electron chi connectivity index (χ4n) is 4.98. The van der Waals surface area contributed by atoms with Crippen molar-refractivity contribution in [1.29, 1.82) is 0 Å². The molecule has 1 heterocycles. The van der Waals surface area contributed by atoms with Crippen molar-refractivity contribution in [1.82, 2.24) is 4.98 Å². The maximum Gasteiger partial charge on any atom is 0.0597 e. The Kier molecular flexibility index (Phi) is 7.47. The second kappa shape index (κ2) is 9.70. The molecule has 2 saturated carbocycles. The van der Waals surface area contributed by atoms with E-state index in [1.54, 1.807) is 0 Å². The second-order valence-corrected chi connectivity index (χ2v) is 8.77. The van der Waals surface area contributed by atoms with Gasteiger partial charge in [-0.05, 0) is 61.2 Å². The molecule has 5 rings (SSSR count). The Morgan fingerprint density at radius 2 is 1.50 bits per heavy atom. The summed E-state index contributed by atoms with van der Waals surface area (Å²) in [7, 11) is 0. The van der Waals surface area contributed by atoms with E-state index in [4.69, 9.17) is 4.98 Å². The molecule has 0 spiro atoms. The maximum atomic E-state index is 9.41. The van der Waals surface area contributed by atoms with Crippen LogP contribution in [0.1, 0.15) is 42.4 Å². The summed E-state index contributed by atoms with van der Waals surface area (Å²) in [6.07, 6.45) is 3.66. The number of rotatable bonds is 1. The first kappa shape index (κ1) is 23.1. The number of hydrogen-bond donors (Lipinski definition) is 2. The van der Waals surface area contributed by atoms with Gasteiger partial charge in [-0.2, -0.15) is 0 Å². The zero-order valence-electron chi connectivity index (χ0n) is 17.9. The Morgan fingerprint density at radius 1 is 0.833 bits per heavy atom. The summed E-state index contributed by atoms with van der Waals surface area (Å²) in [6, 6.07) is 18.2. The zero-order valence-corrected chi connectivity index (χ0v) is 20.2. The molecular weight excluding hydrogens is 551 g/mol. The fraction of sp³-hybridized carbons (Fsp3) is 0.423. The SMILES string of the molecule is Cc1[c-]c(-c2ccc3ccc(C)cc3n2)cc(C)c1.OC1CCC2CCC(O)C12.[Ir]. The van der Waals surface area contributed by atoms with Gasteiger partial charge in [-0.25, -0.2) is 0 Å². The minimum absolute atomic E-state index is 0. The Labute approximate surface area is 192 Å². The normalized spacial score (nSPS) is 24.7. The quantitative estimate of drug-likeness (QED) is 0.392. The number of nitrogens with zero attached hydrogens (tertiary/aromatic N) is 1. The summed E-state index contributed by atoms with van der Waals surface area (Å²) in [6.45, 7) is 6.27. The standard InChI is InChI=1S/C18H16N.C8H14O2.Ir/c1-12-4-5-15-6-7-17(19-18(15)11-12)16-9-13(2)8-14(3)10-16;9-6-3-1-5-2-4-7(10)8(5)6;/h4-9,11H,1-3H3;5-10H,1-4H2;/q-1;;. The summed E-state index contributed by atoms with van der Waals surface area (Å²) in [5.41, 5.74) is 6.75. The Hall–Kier alpha value is -1.58. The van der Waals surface area contributed by atoms with Gasteiger partial charge in [-0.15, -0.1) is 34.9 Å². The van der Waals surface area contributed by atoms with Gasteiger partial charge in [0.05, 0.1) is 17.7 Å². The van der Waals surface area contributed by atoms with Crippen LogP contribution in [-0.4, -0.2) is 27.4 Å². The van der Waals surface area contributed by atoms with Gasteiger partial charge < -0.3 is 10.2 Å². The van der Waals surface area contributed by atoms with E-state index in [1.165, 1.54) is 16.5 Å². The Morgan fingerprint density at radius 3 is 2.13 bits per heavy atom. The van der Waals surface area contributed by atoms with Crippen LogP contribution in [-0.2, 0) is 20.1 Å². The van der Waals surface area contributed by atoms with Crippen molar-refractivity contribution in [3.05, 3.63) is 65.2 Å². The van der Waals surface area contributed by atoms with Crippen LogP contribution in [0.3, 0.4) is 0 Å². The molecule has 2 aliphatic carbocycles. The largest absolute Gasteiger partial charge is 0.393 e. The fourth-order valence-corrected chi connectivity index (χ4v) is 4.98. The van der Waals surface area contributed by atoms with Gasteiger partial charge in [0, 0.05) is 26.0 Å². The van der Waals surface area contributed by atoms with Crippen molar-refractivity contribution in [2.75, 3.05) is 0 Å². The summed E-state index contributed by atoms with van der Waals surface area (Å²) in [5, 5.41) is 20.0. The molecule has 0 bridgehead atoms. The first-order chi connectivity index (χ1) is 13.9. The predicted molar refractivity (Wildman–Crippen MR) is 118 cm³/mol. The minimum Gasteiger partial charge on any atom is -0.393 e. The smallest absolute Gasteiger partial charge is 0.0597 e. The van der Waals surface area contributed by atoms with Crippen LogP contribution in [0.5, 0.6) is 0 Å². The van der Waals surface area contributed by atoms with Crippen molar-refractivity contribution in [3.8, 4) is 11.3 Å². The average molecular weight is 581 g/mol. The van der Waals surface area contributed by atoms with Crippen LogP contribution in [0.4, 0.5) is 0 Å².